The first-order chi connectivity index (χ1) is 16.8. The molecule has 1 fully saturated rings. The average Bonchev–Trinajstić information content (AvgIpc) is 2.99. The van der Waals surface area contributed by atoms with Gasteiger partial charge in [-0.1, -0.05) is 53.6 Å². The summed E-state index contributed by atoms with van der Waals surface area (Å²) < 4.78 is 41.9. The van der Waals surface area contributed by atoms with E-state index in [1.807, 2.05) is 36.4 Å². The number of alkyl halides is 3. The summed E-state index contributed by atoms with van der Waals surface area (Å²) in [5.41, 5.74) is 6.84. The predicted molar refractivity (Wildman–Crippen MR) is 133 cm³/mol. The Morgan fingerprint density at radius 1 is 0.886 bits per heavy atom. The van der Waals surface area contributed by atoms with Crippen LogP contribution < -0.4 is 0 Å². The number of benzene rings is 2. The molecule has 0 bridgehead atoms. The summed E-state index contributed by atoms with van der Waals surface area (Å²) in [5.74, 6) is 0. The van der Waals surface area contributed by atoms with Crippen LogP contribution in [0.2, 0.25) is 5.02 Å². The fraction of sp³-hybridized carbons (Fsp3) is 0.296. The number of aromatic nitrogens is 2. The SMILES string of the molecule is Cc1cccc(-c2ccc3nc(-c4ccc(Cl)cc4)c(CN4CCCN(C(F)(F)F)CC4)n3c2)c1. The molecule has 0 saturated carbocycles. The van der Waals surface area contributed by atoms with Gasteiger partial charge in [0.2, 0.25) is 0 Å². The summed E-state index contributed by atoms with van der Waals surface area (Å²) >= 11 is 6.11. The fourth-order valence-electron chi connectivity index (χ4n) is 4.67. The second-order valence-electron chi connectivity index (χ2n) is 9.01. The number of pyridine rings is 1. The molecule has 1 saturated heterocycles. The van der Waals surface area contributed by atoms with E-state index in [-0.39, 0.29) is 13.1 Å². The van der Waals surface area contributed by atoms with E-state index in [0.717, 1.165) is 33.7 Å². The smallest absolute Gasteiger partial charge is 0.301 e. The summed E-state index contributed by atoms with van der Waals surface area (Å²) in [4.78, 5) is 7.61. The molecule has 1 aliphatic rings. The number of nitrogens with zero attached hydrogens (tertiary/aromatic N) is 4. The minimum Gasteiger partial charge on any atom is -0.301 e. The average molecular weight is 499 g/mol. The van der Waals surface area contributed by atoms with Crippen molar-refractivity contribution in [2.45, 2.75) is 26.2 Å². The highest BCUT2D eigenvalue weighted by Gasteiger charge is 2.37. The maximum Gasteiger partial charge on any atom is 0.459 e. The van der Waals surface area contributed by atoms with Crippen molar-refractivity contribution < 1.29 is 13.2 Å². The van der Waals surface area contributed by atoms with Crippen LogP contribution in [0.3, 0.4) is 0 Å². The van der Waals surface area contributed by atoms with Crippen molar-refractivity contribution >= 4 is 17.2 Å². The number of aryl methyl sites for hydroxylation is 1. The first-order valence-corrected chi connectivity index (χ1v) is 12.0. The van der Waals surface area contributed by atoms with Gasteiger partial charge in [0, 0.05) is 43.0 Å². The number of hydrogen-bond acceptors (Lipinski definition) is 3. The molecular formula is C27H26ClF3N4. The lowest BCUT2D eigenvalue weighted by atomic mass is 10.1. The molecule has 0 N–H and O–H groups in total. The lowest BCUT2D eigenvalue weighted by Gasteiger charge is -2.23. The van der Waals surface area contributed by atoms with Crippen LogP contribution >= 0.6 is 11.6 Å². The Kier molecular flexibility index (Phi) is 6.57. The van der Waals surface area contributed by atoms with Crippen LogP contribution in [0.15, 0.2) is 66.9 Å². The van der Waals surface area contributed by atoms with E-state index in [0.29, 0.717) is 36.0 Å². The summed E-state index contributed by atoms with van der Waals surface area (Å²) in [5, 5.41) is 0.639. The molecule has 2 aromatic heterocycles. The zero-order valence-electron chi connectivity index (χ0n) is 19.4. The molecule has 5 rings (SSSR count). The first kappa shape index (κ1) is 23.9. The molecule has 3 heterocycles. The number of hydrogen-bond donors (Lipinski definition) is 0. The van der Waals surface area contributed by atoms with Gasteiger partial charge in [0.25, 0.3) is 0 Å². The standard InChI is InChI=1S/C27H26ClF3N4/c1-19-4-2-5-21(16-19)22-8-11-25-32-26(20-6-9-23(28)10-7-20)24(35(25)17-22)18-33-12-3-13-34(15-14-33)27(29,30)31/h2,4-11,16-17H,3,12-15,18H2,1H3. The maximum absolute atomic E-state index is 13.3. The lowest BCUT2D eigenvalue weighted by molar-refractivity contribution is -0.244. The van der Waals surface area contributed by atoms with Gasteiger partial charge in [-0.3, -0.25) is 4.90 Å². The summed E-state index contributed by atoms with van der Waals surface area (Å²) in [7, 11) is 0. The van der Waals surface area contributed by atoms with Gasteiger partial charge in [0.1, 0.15) is 5.65 Å². The number of imidazole rings is 1. The van der Waals surface area contributed by atoms with Crippen molar-refractivity contribution in [3.8, 4) is 22.4 Å². The van der Waals surface area contributed by atoms with E-state index in [1.165, 1.54) is 5.56 Å². The highest BCUT2D eigenvalue weighted by Crippen LogP contribution is 2.30. The van der Waals surface area contributed by atoms with Gasteiger partial charge in [-0.05, 0) is 55.3 Å². The third kappa shape index (κ3) is 5.22. The second kappa shape index (κ2) is 9.64. The largest absolute Gasteiger partial charge is 0.459 e. The van der Waals surface area contributed by atoms with E-state index in [1.54, 1.807) is 0 Å². The highest BCUT2D eigenvalue weighted by atomic mass is 35.5. The predicted octanol–water partition coefficient (Wildman–Crippen LogP) is 6.66. The molecule has 4 nitrogen and oxygen atoms in total. The van der Waals surface area contributed by atoms with E-state index < -0.39 is 6.30 Å². The Balaban J connectivity index is 1.55. The summed E-state index contributed by atoms with van der Waals surface area (Å²) in [6, 6.07) is 19.9. The van der Waals surface area contributed by atoms with Gasteiger partial charge in [-0.15, -0.1) is 0 Å². The molecule has 182 valence electrons. The van der Waals surface area contributed by atoms with E-state index >= 15 is 0 Å². The van der Waals surface area contributed by atoms with Crippen LogP contribution in [0, 0.1) is 6.92 Å². The highest BCUT2D eigenvalue weighted by molar-refractivity contribution is 6.30. The van der Waals surface area contributed by atoms with E-state index in [4.69, 9.17) is 16.6 Å². The molecule has 0 amide bonds. The van der Waals surface area contributed by atoms with Crippen molar-refractivity contribution in [1.82, 2.24) is 19.2 Å². The molecule has 0 atom stereocenters. The zero-order valence-corrected chi connectivity index (χ0v) is 20.2. The van der Waals surface area contributed by atoms with Crippen LogP contribution in [-0.4, -0.2) is 51.7 Å². The molecule has 1 aliphatic heterocycles. The molecule has 0 spiro atoms. The van der Waals surface area contributed by atoms with E-state index in [2.05, 4.69) is 46.7 Å². The molecule has 2 aromatic carbocycles. The third-order valence-electron chi connectivity index (χ3n) is 6.51. The van der Waals surface area contributed by atoms with Crippen molar-refractivity contribution in [1.29, 1.82) is 0 Å². The second-order valence-corrected chi connectivity index (χ2v) is 9.45. The molecular weight excluding hydrogens is 473 g/mol. The normalized spacial score (nSPS) is 16.0. The Labute approximate surface area is 207 Å². The number of halogens is 4. The van der Waals surface area contributed by atoms with Crippen LogP contribution in [0.5, 0.6) is 0 Å². The minimum absolute atomic E-state index is 0.0225. The van der Waals surface area contributed by atoms with Gasteiger partial charge in [0.15, 0.2) is 0 Å². The molecule has 0 aliphatic carbocycles. The maximum atomic E-state index is 13.3. The van der Waals surface area contributed by atoms with Crippen LogP contribution in [0.4, 0.5) is 13.2 Å². The Hall–Kier alpha value is -2.87. The molecule has 35 heavy (non-hydrogen) atoms. The first-order valence-electron chi connectivity index (χ1n) is 11.7. The van der Waals surface area contributed by atoms with Gasteiger partial charge in [-0.2, -0.15) is 13.2 Å². The molecule has 0 radical (unpaired) electrons. The van der Waals surface area contributed by atoms with Gasteiger partial charge >= 0.3 is 6.30 Å². The van der Waals surface area contributed by atoms with Crippen LogP contribution in [0.25, 0.3) is 28.0 Å². The number of fused-ring (bicyclic) bond motifs is 1. The van der Waals surface area contributed by atoms with Gasteiger partial charge < -0.3 is 4.40 Å². The third-order valence-corrected chi connectivity index (χ3v) is 6.76. The van der Waals surface area contributed by atoms with E-state index in [9.17, 15) is 13.2 Å². The Morgan fingerprint density at radius 3 is 2.40 bits per heavy atom. The van der Waals surface area contributed by atoms with Gasteiger partial charge in [0.05, 0.1) is 11.4 Å². The molecule has 0 unspecified atom stereocenters. The van der Waals surface area contributed by atoms with Gasteiger partial charge in [-0.25, -0.2) is 9.88 Å². The molecule has 8 heteroatoms. The molecule has 4 aromatic rings. The quantitative estimate of drug-likeness (QED) is 0.294. The van der Waals surface area contributed by atoms with Crippen molar-refractivity contribution in [2.24, 2.45) is 0 Å². The minimum atomic E-state index is -4.30. The van der Waals surface area contributed by atoms with Crippen molar-refractivity contribution in [3.63, 3.8) is 0 Å². The van der Waals surface area contributed by atoms with Crippen LogP contribution in [0.1, 0.15) is 17.7 Å². The summed E-state index contributed by atoms with van der Waals surface area (Å²) in [6.07, 6.45) is -1.76. The zero-order chi connectivity index (χ0) is 24.6. The number of rotatable bonds is 4. The Bertz CT molecular complexity index is 1330. The fourth-order valence-corrected chi connectivity index (χ4v) is 4.80. The van der Waals surface area contributed by atoms with Crippen LogP contribution in [-0.2, 0) is 6.54 Å². The monoisotopic (exact) mass is 498 g/mol. The van der Waals surface area contributed by atoms with Crippen molar-refractivity contribution in [2.75, 3.05) is 26.2 Å². The summed E-state index contributed by atoms with van der Waals surface area (Å²) in [6.45, 7) is 3.48. The van der Waals surface area contributed by atoms with Crippen molar-refractivity contribution in [3.05, 3.63) is 83.1 Å². The topological polar surface area (TPSA) is 23.8 Å². The lowest BCUT2D eigenvalue weighted by Crippen LogP contribution is -2.40. The Morgan fingerprint density at radius 2 is 1.66 bits per heavy atom.